The number of benzene rings is 2. The molecule has 0 spiro atoms. The van der Waals surface area contributed by atoms with Gasteiger partial charge in [0, 0.05) is 0 Å². The second-order valence-electron chi connectivity index (χ2n) is 6.01. The molecule has 0 radical (unpaired) electrons. The molecule has 0 bridgehead atoms. The van der Waals surface area contributed by atoms with Crippen LogP contribution < -0.4 is 9.47 Å². The molecule has 0 aliphatic rings. The van der Waals surface area contributed by atoms with Gasteiger partial charge in [-0.1, -0.05) is 30.3 Å². The average Bonchev–Trinajstić information content (AvgIpc) is 2.60. The zero-order valence-electron chi connectivity index (χ0n) is 14.5. The van der Waals surface area contributed by atoms with Crippen LogP contribution >= 0.6 is 0 Å². The molecule has 0 aliphatic heterocycles. The number of hydrogen-bond acceptors (Lipinski definition) is 4. The lowest BCUT2D eigenvalue weighted by Crippen LogP contribution is -2.39. The van der Waals surface area contributed by atoms with Gasteiger partial charge in [0.2, 0.25) is 0 Å². The molecule has 0 atom stereocenters. The third-order valence-corrected chi connectivity index (χ3v) is 3.60. The van der Waals surface area contributed by atoms with Crippen LogP contribution in [0.25, 0.3) is 0 Å². The van der Waals surface area contributed by atoms with Gasteiger partial charge in [0.05, 0.1) is 13.7 Å². The largest absolute Gasteiger partial charge is 0.494 e. The van der Waals surface area contributed by atoms with E-state index in [1.165, 1.54) is 12.7 Å². The van der Waals surface area contributed by atoms with Crippen LogP contribution in [0.2, 0.25) is 0 Å². The molecule has 2 rings (SSSR count). The SMILES string of the molecule is COC(=O)C(C)(C)Oc1ccc(OCCCc2ccccc2)cc1. The molecule has 0 amide bonds. The number of hydrogen-bond donors (Lipinski definition) is 0. The molecule has 0 aliphatic carbocycles. The van der Waals surface area contributed by atoms with E-state index in [4.69, 9.17) is 14.2 Å². The molecular formula is C20H24O4. The minimum Gasteiger partial charge on any atom is -0.494 e. The van der Waals surface area contributed by atoms with Gasteiger partial charge in [-0.2, -0.15) is 0 Å². The Morgan fingerprint density at radius 2 is 1.58 bits per heavy atom. The molecule has 0 unspecified atom stereocenters. The van der Waals surface area contributed by atoms with Crippen LogP contribution in [0.5, 0.6) is 11.5 Å². The van der Waals surface area contributed by atoms with Gasteiger partial charge in [0.15, 0.2) is 5.60 Å². The maximum absolute atomic E-state index is 11.6. The Morgan fingerprint density at radius 3 is 2.21 bits per heavy atom. The second-order valence-corrected chi connectivity index (χ2v) is 6.01. The summed E-state index contributed by atoms with van der Waals surface area (Å²) in [6, 6.07) is 17.6. The minimum atomic E-state index is -1.02. The molecule has 4 heteroatoms. The number of esters is 1. The molecule has 2 aromatic carbocycles. The number of carbonyl (C=O) groups is 1. The van der Waals surface area contributed by atoms with Crippen LogP contribution in [0.1, 0.15) is 25.8 Å². The smallest absolute Gasteiger partial charge is 0.349 e. The monoisotopic (exact) mass is 328 g/mol. The summed E-state index contributed by atoms with van der Waals surface area (Å²) in [5.41, 5.74) is 0.294. The molecular weight excluding hydrogens is 304 g/mol. The topological polar surface area (TPSA) is 44.8 Å². The first-order valence-corrected chi connectivity index (χ1v) is 8.05. The summed E-state index contributed by atoms with van der Waals surface area (Å²) in [4.78, 5) is 11.6. The molecule has 4 nitrogen and oxygen atoms in total. The summed E-state index contributed by atoms with van der Waals surface area (Å²) in [6.45, 7) is 4.00. The lowest BCUT2D eigenvalue weighted by molar-refractivity contribution is -0.156. The molecule has 0 heterocycles. The van der Waals surface area contributed by atoms with Crippen molar-refractivity contribution in [1.29, 1.82) is 0 Å². The lowest BCUT2D eigenvalue weighted by Gasteiger charge is -2.23. The normalized spacial score (nSPS) is 11.0. The first kappa shape index (κ1) is 17.9. The number of methoxy groups -OCH3 is 1. The predicted molar refractivity (Wildman–Crippen MR) is 93.4 cm³/mol. The Labute approximate surface area is 143 Å². The molecule has 24 heavy (non-hydrogen) atoms. The van der Waals surface area contributed by atoms with Crippen LogP contribution in [-0.2, 0) is 16.0 Å². The van der Waals surface area contributed by atoms with Crippen molar-refractivity contribution in [1.82, 2.24) is 0 Å². The van der Waals surface area contributed by atoms with Crippen LogP contribution in [0.15, 0.2) is 54.6 Å². The zero-order valence-corrected chi connectivity index (χ0v) is 14.5. The minimum absolute atomic E-state index is 0.413. The lowest BCUT2D eigenvalue weighted by atomic mass is 10.1. The fraction of sp³-hybridized carbons (Fsp3) is 0.350. The van der Waals surface area contributed by atoms with Crippen LogP contribution in [-0.4, -0.2) is 25.3 Å². The van der Waals surface area contributed by atoms with E-state index in [2.05, 4.69) is 12.1 Å². The van der Waals surface area contributed by atoms with Crippen molar-refractivity contribution in [2.75, 3.05) is 13.7 Å². The van der Waals surface area contributed by atoms with E-state index in [1.807, 2.05) is 30.3 Å². The highest BCUT2D eigenvalue weighted by atomic mass is 16.6. The van der Waals surface area contributed by atoms with Gasteiger partial charge in [0.25, 0.3) is 0 Å². The summed E-state index contributed by atoms with van der Waals surface area (Å²) >= 11 is 0. The van der Waals surface area contributed by atoms with Crippen LogP contribution in [0, 0.1) is 0 Å². The first-order chi connectivity index (χ1) is 11.5. The van der Waals surface area contributed by atoms with Gasteiger partial charge in [-0.15, -0.1) is 0 Å². The number of ether oxygens (including phenoxy) is 3. The fourth-order valence-corrected chi connectivity index (χ4v) is 2.30. The van der Waals surface area contributed by atoms with Crippen molar-refractivity contribution < 1.29 is 19.0 Å². The maximum atomic E-state index is 11.6. The maximum Gasteiger partial charge on any atom is 0.349 e. The van der Waals surface area contributed by atoms with E-state index in [9.17, 15) is 4.79 Å². The predicted octanol–water partition coefficient (Wildman–Crippen LogP) is 4.03. The van der Waals surface area contributed by atoms with E-state index in [0.29, 0.717) is 12.4 Å². The van der Waals surface area contributed by atoms with Gasteiger partial charge in [-0.25, -0.2) is 4.79 Å². The average molecular weight is 328 g/mol. The summed E-state index contributed by atoms with van der Waals surface area (Å²) in [5.74, 6) is 0.969. The standard InChI is InChI=1S/C20H24O4/c1-20(2,19(21)22-3)24-18-13-11-17(12-14-18)23-15-7-10-16-8-5-4-6-9-16/h4-6,8-9,11-14H,7,10,15H2,1-3H3. The van der Waals surface area contributed by atoms with E-state index in [-0.39, 0.29) is 0 Å². The summed E-state index contributed by atoms with van der Waals surface area (Å²) in [7, 11) is 1.35. The molecule has 0 fully saturated rings. The van der Waals surface area contributed by atoms with Gasteiger partial charge < -0.3 is 14.2 Å². The summed E-state index contributed by atoms with van der Waals surface area (Å²) in [5, 5.41) is 0. The number of carbonyl (C=O) groups excluding carboxylic acids is 1. The van der Waals surface area contributed by atoms with Gasteiger partial charge >= 0.3 is 5.97 Å². The fourth-order valence-electron chi connectivity index (χ4n) is 2.30. The van der Waals surface area contributed by atoms with Gasteiger partial charge in [-0.3, -0.25) is 0 Å². The Kier molecular flexibility index (Phi) is 6.24. The van der Waals surface area contributed by atoms with Crippen molar-refractivity contribution in [3.63, 3.8) is 0 Å². The highest BCUT2D eigenvalue weighted by molar-refractivity contribution is 5.78. The third kappa shape index (κ3) is 5.30. The van der Waals surface area contributed by atoms with Crippen molar-refractivity contribution in [3.05, 3.63) is 60.2 Å². The molecule has 0 aromatic heterocycles. The van der Waals surface area contributed by atoms with Crippen LogP contribution in [0.4, 0.5) is 0 Å². The van der Waals surface area contributed by atoms with Crippen LogP contribution in [0.3, 0.4) is 0 Å². The molecule has 128 valence electrons. The van der Waals surface area contributed by atoms with E-state index in [0.717, 1.165) is 18.6 Å². The quantitative estimate of drug-likeness (QED) is 0.542. The van der Waals surface area contributed by atoms with E-state index >= 15 is 0 Å². The van der Waals surface area contributed by atoms with Crippen molar-refractivity contribution in [3.8, 4) is 11.5 Å². The van der Waals surface area contributed by atoms with Crippen molar-refractivity contribution in [2.45, 2.75) is 32.3 Å². The highest BCUT2D eigenvalue weighted by Gasteiger charge is 2.30. The Bertz CT molecular complexity index is 632. The summed E-state index contributed by atoms with van der Waals surface area (Å²) < 4.78 is 16.1. The molecule has 0 N–H and O–H groups in total. The van der Waals surface area contributed by atoms with E-state index in [1.54, 1.807) is 26.0 Å². The Hall–Kier alpha value is -2.49. The second kappa shape index (κ2) is 8.39. The van der Waals surface area contributed by atoms with Crippen molar-refractivity contribution >= 4 is 5.97 Å². The highest BCUT2D eigenvalue weighted by Crippen LogP contribution is 2.22. The number of rotatable bonds is 8. The van der Waals surface area contributed by atoms with E-state index < -0.39 is 11.6 Å². The Balaban J connectivity index is 1.78. The number of aryl methyl sites for hydroxylation is 1. The third-order valence-electron chi connectivity index (χ3n) is 3.60. The van der Waals surface area contributed by atoms with Crippen molar-refractivity contribution in [2.24, 2.45) is 0 Å². The zero-order chi connectivity index (χ0) is 17.4. The molecule has 2 aromatic rings. The Morgan fingerprint density at radius 1 is 0.958 bits per heavy atom. The van der Waals surface area contributed by atoms with Gasteiger partial charge in [0.1, 0.15) is 11.5 Å². The summed E-state index contributed by atoms with van der Waals surface area (Å²) in [6.07, 6.45) is 1.95. The molecule has 0 saturated carbocycles. The van der Waals surface area contributed by atoms with Gasteiger partial charge in [-0.05, 0) is 56.5 Å². The first-order valence-electron chi connectivity index (χ1n) is 8.05. The molecule has 0 saturated heterocycles.